The monoisotopic (exact) mass is 776 g/mol. The van der Waals surface area contributed by atoms with Crippen LogP contribution < -0.4 is 0 Å². The highest BCUT2D eigenvalue weighted by atomic mass is 79.9. The Hall–Kier alpha value is -3.28. The first-order chi connectivity index (χ1) is 23.8. The van der Waals surface area contributed by atoms with Crippen molar-refractivity contribution in [3.05, 3.63) is 83.7 Å². The molecule has 0 bridgehead atoms. The van der Waals surface area contributed by atoms with Crippen molar-refractivity contribution in [2.24, 2.45) is 0 Å². The normalized spacial score (nSPS) is 15.2. The molecule has 1 atom stereocenters. The highest BCUT2D eigenvalue weighted by Gasteiger charge is 2.54. The fourth-order valence-corrected chi connectivity index (χ4v) is 7.22. The van der Waals surface area contributed by atoms with Gasteiger partial charge in [0.1, 0.15) is 11.6 Å². The number of carbonyl (C=O) groups excluding carboxylic acids is 2. The second-order valence-electron chi connectivity index (χ2n) is 12.8. The van der Waals surface area contributed by atoms with E-state index in [2.05, 4.69) is 57.9 Å². The Morgan fingerprint density at radius 3 is 2.14 bits per heavy atom. The molecule has 1 aliphatic rings. The second-order valence-corrected chi connectivity index (χ2v) is 15.1. The predicted octanol–water partition coefficient (Wildman–Crippen LogP) is 10.9. The first kappa shape index (κ1) is 39.5. The van der Waals surface area contributed by atoms with Crippen LogP contribution in [0.3, 0.4) is 0 Å². The molecule has 0 heterocycles. The third-order valence-corrected chi connectivity index (χ3v) is 10.5. The second kappa shape index (κ2) is 18.3. The number of benzene rings is 4. The fourth-order valence-electron chi connectivity index (χ4n) is 6.55. The summed E-state index contributed by atoms with van der Waals surface area (Å²) in [5.41, 5.74) is 4.07. The Morgan fingerprint density at radius 2 is 1.52 bits per heavy atom. The van der Waals surface area contributed by atoms with Crippen molar-refractivity contribution < 1.29 is 40.5 Å². The molecule has 1 fully saturated rings. The largest absolute Gasteiger partial charge is 0.465 e. The smallest absolute Gasteiger partial charge is 0.460 e. The third kappa shape index (κ3) is 10.2. The minimum absolute atomic E-state index is 0.0992. The van der Waals surface area contributed by atoms with Gasteiger partial charge < -0.3 is 4.74 Å². The molecule has 1 N–H and O–H groups in total. The Morgan fingerprint density at radius 1 is 0.880 bits per heavy atom. The number of halogens is 4. The Balaban J connectivity index is 0.000000240. The number of esters is 1. The van der Waals surface area contributed by atoms with E-state index < -0.39 is 21.3 Å². The summed E-state index contributed by atoms with van der Waals surface area (Å²) >= 11 is 3.35. The van der Waals surface area contributed by atoms with Gasteiger partial charge in [-0.2, -0.15) is 17.2 Å². The lowest BCUT2D eigenvalue weighted by atomic mass is 9.76. The number of rotatable bonds is 14. The lowest BCUT2D eigenvalue weighted by Crippen LogP contribution is -2.39. The van der Waals surface area contributed by atoms with E-state index in [1.165, 1.54) is 17.9 Å². The topological polar surface area (TPSA) is 97.7 Å². The van der Waals surface area contributed by atoms with Crippen LogP contribution in [0, 0.1) is 12.7 Å². The van der Waals surface area contributed by atoms with Crippen LogP contribution in [-0.4, -0.2) is 41.9 Å². The summed E-state index contributed by atoms with van der Waals surface area (Å²) in [6.07, 6.45) is 11.2. The van der Waals surface area contributed by atoms with E-state index in [9.17, 15) is 31.2 Å². The molecule has 1 saturated carbocycles. The summed E-state index contributed by atoms with van der Waals surface area (Å²) in [5.74, 6) is -2.27. The molecule has 1 aliphatic carbocycles. The van der Waals surface area contributed by atoms with Crippen molar-refractivity contribution in [3.8, 4) is 11.1 Å². The van der Waals surface area contributed by atoms with Crippen LogP contribution in [0.5, 0.6) is 0 Å². The minimum Gasteiger partial charge on any atom is -0.460 e. The third-order valence-electron chi connectivity index (χ3n) is 9.09. The Bertz CT molecular complexity index is 1900. The molecule has 0 amide bonds. The van der Waals surface area contributed by atoms with Gasteiger partial charge in [0.25, 0.3) is 0 Å². The van der Waals surface area contributed by atoms with Gasteiger partial charge in [0.2, 0.25) is 0 Å². The lowest BCUT2D eigenvalue weighted by Gasteiger charge is -2.27. The maximum absolute atomic E-state index is 14.2. The summed E-state index contributed by atoms with van der Waals surface area (Å²) in [7, 11) is -5.78. The first-order valence-corrected chi connectivity index (χ1v) is 19.7. The summed E-state index contributed by atoms with van der Waals surface area (Å²) in [4.78, 5) is 23.7. The molecule has 0 aliphatic heterocycles. The molecular weight excluding hydrogens is 733 g/mol. The molecule has 4 aromatic rings. The van der Waals surface area contributed by atoms with Gasteiger partial charge in [0, 0.05) is 17.7 Å². The van der Waals surface area contributed by atoms with Crippen LogP contribution in [0.25, 0.3) is 32.7 Å². The quantitative estimate of drug-likeness (QED) is 0.0450. The number of fused-ring (bicyclic) bond motifs is 2. The average molecular weight is 778 g/mol. The predicted molar refractivity (Wildman–Crippen MR) is 196 cm³/mol. The molecule has 0 radical (unpaired) electrons. The van der Waals surface area contributed by atoms with E-state index in [1.807, 2.05) is 18.2 Å². The maximum atomic E-state index is 14.2. The summed E-state index contributed by atoms with van der Waals surface area (Å²) in [5, 5.41) is 0.670. The zero-order valence-corrected chi connectivity index (χ0v) is 30.6. The van der Waals surface area contributed by atoms with Crippen molar-refractivity contribution in [2.45, 2.75) is 95.1 Å². The molecular formula is C39H44BrF3O6S. The molecule has 6 nitrogen and oxygen atoms in total. The van der Waals surface area contributed by atoms with Crippen molar-refractivity contribution in [3.63, 3.8) is 0 Å². The number of ketones is 1. The average Bonchev–Trinajstić information content (AvgIpc) is 3.08. The van der Waals surface area contributed by atoms with Crippen LogP contribution in [0.1, 0.15) is 94.1 Å². The molecule has 50 heavy (non-hydrogen) atoms. The minimum atomic E-state index is -5.78. The van der Waals surface area contributed by atoms with Crippen molar-refractivity contribution in [2.75, 3.05) is 11.9 Å². The maximum Gasteiger partial charge on any atom is 0.465 e. The standard InChI is InChI=1S/C27H23FO.C12H21BrF2O5S/c1-17-13-21-14-18-7-2-3-8-19(18)16-24(21)27(20-9-6-10-22(28)15-20)26(17)23-11-4-5-12-25(23)29;13-9-7-5-3-1-2-4-6-8-10-20-11(16)12(14,15)21(17,18)19/h2-3,6-10,13-16,23H,4-5,11-12H2,1H3;1-10H2,(H,17,18,19). The van der Waals surface area contributed by atoms with E-state index >= 15 is 0 Å². The number of hydrogen-bond donors (Lipinski definition) is 1. The highest BCUT2D eigenvalue weighted by Crippen LogP contribution is 2.43. The van der Waals surface area contributed by atoms with Gasteiger partial charge in [-0.15, -0.1) is 0 Å². The zero-order chi connectivity index (χ0) is 36.3. The number of ether oxygens (including phenoxy) is 1. The molecule has 0 aromatic heterocycles. The van der Waals surface area contributed by atoms with Gasteiger partial charge in [-0.1, -0.05) is 103 Å². The van der Waals surface area contributed by atoms with E-state index in [0.717, 1.165) is 95.1 Å². The molecule has 1 unspecified atom stereocenters. The number of alkyl halides is 3. The number of aryl methyl sites for hydroxylation is 1. The van der Waals surface area contributed by atoms with Crippen molar-refractivity contribution >= 4 is 59.3 Å². The van der Waals surface area contributed by atoms with Gasteiger partial charge in [-0.3, -0.25) is 9.35 Å². The highest BCUT2D eigenvalue weighted by molar-refractivity contribution is 9.09. The summed E-state index contributed by atoms with van der Waals surface area (Å²) in [6.45, 7) is 1.81. The van der Waals surface area contributed by atoms with Gasteiger partial charge in [0.05, 0.1) is 6.61 Å². The number of unbranched alkanes of at least 4 members (excludes halogenated alkanes) is 7. The summed E-state index contributed by atoms with van der Waals surface area (Å²) < 4.78 is 72.7. The van der Waals surface area contributed by atoms with Crippen molar-refractivity contribution in [1.82, 2.24) is 0 Å². The lowest BCUT2D eigenvalue weighted by molar-refractivity contribution is -0.161. The number of hydrogen-bond acceptors (Lipinski definition) is 5. The van der Waals surface area contributed by atoms with E-state index in [0.29, 0.717) is 25.0 Å². The molecule has 4 aromatic carbocycles. The Kier molecular flexibility index (Phi) is 14.4. The van der Waals surface area contributed by atoms with Crippen LogP contribution in [-0.2, 0) is 24.4 Å². The van der Waals surface area contributed by atoms with Gasteiger partial charge in [0.15, 0.2) is 0 Å². The molecule has 270 valence electrons. The molecule has 5 rings (SSSR count). The van der Waals surface area contributed by atoms with Gasteiger partial charge >= 0.3 is 21.3 Å². The van der Waals surface area contributed by atoms with Crippen LogP contribution in [0.2, 0.25) is 0 Å². The number of carbonyl (C=O) groups is 2. The van der Waals surface area contributed by atoms with Crippen molar-refractivity contribution in [1.29, 1.82) is 0 Å². The fraction of sp³-hybridized carbons (Fsp3) is 0.436. The van der Waals surface area contributed by atoms with Crippen LogP contribution in [0.4, 0.5) is 13.2 Å². The summed E-state index contributed by atoms with van der Waals surface area (Å²) in [6, 6.07) is 21.7. The van der Waals surface area contributed by atoms with E-state index in [4.69, 9.17) is 4.55 Å². The SMILES string of the molecule is Cc1cc2cc3ccccc3cc2c(-c2cccc(F)c2)c1C1CCCCC1=O.O=C(OCCCCCCCCCCBr)C(F)(F)S(=O)(=O)O. The Labute approximate surface area is 300 Å². The molecule has 11 heteroatoms. The van der Waals surface area contributed by atoms with Crippen LogP contribution >= 0.6 is 15.9 Å². The molecule has 0 saturated heterocycles. The van der Waals surface area contributed by atoms with Gasteiger partial charge in [-0.05, 0) is 101 Å². The molecule has 0 spiro atoms. The van der Waals surface area contributed by atoms with Gasteiger partial charge in [-0.25, -0.2) is 9.18 Å². The van der Waals surface area contributed by atoms with E-state index in [-0.39, 0.29) is 18.3 Å². The van der Waals surface area contributed by atoms with Crippen LogP contribution in [0.15, 0.2) is 66.7 Å². The van der Waals surface area contributed by atoms with E-state index in [1.54, 1.807) is 12.1 Å². The zero-order valence-electron chi connectivity index (χ0n) is 28.2. The first-order valence-electron chi connectivity index (χ1n) is 17.2. The number of Topliss-reactive ketones (excluding diaryl/α,β-unsaturated/α-hetero) is 1.